The third-order valence-corrected chi connectivity index (χ3v) is 4.92. The fourth-order valence-corrected chi connectivity index (χ4v) is 2.29. The molecule has 0 bridgehead atoms. The number of likely N-dealkylation sites (tertiary alicyclic amines) is 1. The van der Waals surface area contributed by atoms with Crippen LogP contribution in [0.3, 0.4) is 0 Å². The number of nitriles is 1. The lowest BCUT2D eigenvalue weighted by Gasteiger charge is -2.35. The van der Waals surface area contributed by atoms with Crippen LogP contribution >= 0.6 is 0 Å². The van der Waals surface area contributed by atoms with Gasteiger partial charge in [0.2, 0.25) is 5.91 Å². The first-order valence-corrected chi connectivity index (χ1v) is 7.54. The molecule has 5 nitrogen and oxygen atoms in total. The molecule has 6 heteroatoms. The highest BCUT2D eigenvalue weighted by molar-refractivity contribution is 7.92. The van der Waals surface area contributed by atoms with E-state index in [1.54, 1.807) is 4.90 Å². The number of sulfone groups is 1. The standard InChI is InChI=1S/C11H18N2O3S/c1-9(17(3,15)16)10(14)13-6-4-11(2,8-12)5-7-13/h9H,4-7H2,1-3H3. The van der Waals surface area contributed by atoms with Crippen molar-refractivity contribution < 1.29 is 13.2 Å². The summed E-state index contributed by atoms with van der Waals surface area (Å²) in [4.78, 5) is 13.5. The van der Waals surface area contributed by atoms with Gasteiger partial charge in [-0.1, -0.05) is 0 Å². The molecule has 0 aromatic carbocycles. The molecule has 1 amide bonds. The van der Waals surface area contributed by atoms with Gasteiger partial charge in [0.15, 0.2) is 9.84 Å². The van der Waals surface area contributed by atoms with Crippen LogP contribution in [0.25, 0.3) is 0 Å². The zero-order valence-electron chi connectivity index (χ0n) is 10.4. The van der Waals surface area contributed by atoms with Crippen molar-refractivity contribution in [3.8, 4) is 6.07 Å². The van der Waals surface area contributed by atoms with E-state index in [2.05, 4.69) is 6.07 Å². The Morgan fingerprint density at radius 1 is 1.41 bits per heavy atom. The van der Waals surface area contributed by atoms with Crippen molar-refractivity contribution in [1.29, 1.82) is 5.26 Å². The van der Waals surface area contributed by atoms with Gasteiger partial charge in [0, 0.05) is 19.3 Å². The number of piperidine rings is 1. The van der Waals surface area contributed by atoms with Crippen LogP contribution in [-0.2, 0) is 14.6 Å². The molecule has 0 radical (unpaired) electrons. The van der Waals surface area contributed by atoms with E-state index in [4.69, 9.17) is 5.26 Å². The molecule has 96 valence electrons. The Labute approximate surface area is 102 Å². The van der Waals surface area contributed by atoms with Gasteiger partial charge in [-0.15, -0.1) is 0 Å². The van der Waals surface area contributed by atoms with E-state index < -0.39 is 15.1 Å². The van der Waals surface area contributed by atoms with Gasteiger partial charge in [-0.2, -0.15) is 5.26 Å². The summed E-state index contributed by atoms with van der Waals surface area (Å²) in [5, 5.41) is 7.97. The zero-order valence-corrected chi connectivity index (χ0v) is 11.2. The van der Waals surface area contributed by atoms with Gasteiger partial charge in [-0.3, -0.25) is 4.79 Å². The fourth-order valence-electron chi connectivity index (χ4n) is 1.77. The third kappa shape index (κ3) is 3.19. The molecule has 1 aliphatic heterocycles. The molecule has 0 aliphatic carbocycles. The lowest BCUT2D eigenvalue weighted by molar-refractivity contribution is -0.132. The first kappa shape index (κ1) is 14.0. The molecule has 1 atom stereocenters. The minimum Gasteiger partial charge on any atom is -0.341 e. The van der Waals surface area contributed by atoms with Gasteiger partial charge in [0.05, 0.1) is 11.5 Å². The summed E-state index contributed by atoms with van der Waals surface area (Å²) in [6, 6.07) is 2.24. The van der Waals surface area contributed by atoms with Crippen molar-refractivity contribution in [3.63, 3.8) is 0 Å². The lowest BCUT2D eigenvalue weighted by atomic mass is 9.82. The molecule has 0 spiro atoms. The van der Waals surface area contributed by atoms with Crippen LogP contribution in [0.2, 0.25) is 0 Å². The second-order valence-electron chi connectivity index (χ2n) is 4.97. The zero-order chi connectivity index (χ0) is 13.3. The van der Waals surface area contributed by atoms with Crippen LogP contribution in [0.4, 0.5) is 0 Å². The molecule has 0 saturated carbocycles. The first-order chi connectivity index (χ1) is 7.69. The van der Waals surface area contributed by atoms with Crippen LogP contribution in [0, 0.1) is 16.7 Å². The van der Waals surface area contributed by atoms with E-state index in [1.807, 2.05) is 6.92 Å². The maximum absolute atomic E-state index is 11.9. The molecule has 1 fully saturated rings. The number of carbonyl (C=O) groups excluding carboxylic acids is 1. The molecule has 1 aliphatic rings. The normalized spacial score (nSPS) is 21.6. The van der Waals surface area contributed by atoms with E-state index >= 15 is 0 Å². The first-order valence-electron chi connectivity index (χ1n) is 5.58. The average molecular weight is 258 g/mol. The minimum absolute atomic E-state index is 0.354. The summed E-state index contributed by atoms with van der Waals surface area (Å²) in [7, 11) is -3.34. The second kappa shape index (κ2) is 4.65. The van der Waals surface area contributed by atoms with Crippen LogP contribution in [0.1, 0.15) is 26.7 Å². The smallest absolute Gasteiger partial charge is 0.240 e. The van der Waals surface area contributed by atoms with Crippen LogP contribution in [-0.4, -0.2) is 43.8 Å². The van der Waals surface area contributed by atoms with Gasteiger partial charge >= 0.3 is 0 Å². The molecule has 1 unspecified atom stereocenters. The molecular formula is C11H18N2O3S. The van der Waals surface area contributed by atoms with Gasteiger partial charge in [0.25, 0.3) is 0 Å². The Balaban J connectivity index is 2.68. The van der Waals surface area contributed by atoms with Gasteiger partial charge in [0.1, 0.15) is 5.25 Å². The summed E-state index contributed by atoms with van der Waals surface area (Å²) in [5.41, 5.74) is -0.384. The number of amides is 1. The number of hydrogen-bond donors (Lipinski definition) is 0. The topological polar surface area (TPSA) is 78.2 Å². The SMILES string of the molecule is CC(C(=O)N1CCC(C)(C#N)CC1)S(C)(=O)=O. The van der Waals surface area contributed by atoms with Gasteiger partial charge in [-0.25, -0.2) is 8.42 Å². The molecular weight excluding hydrogens is 240 g/mol. The van der Waals surface area contributed by atoms with Crippen molar-refractivity contribution in [2.45, 2.75) is 31.9 Å². The van der Waals surface area contributed by atoms with E-state index in [0.29, 0.717) is 25.9 Å². The second-order valence-corrected chi connectivity index (χ2v) is 7.34. The van der Waals surface area contributed by atoms with E-state index in [1.165, 1.54) is 6.92 Å². The molecule has 0 N–H and O–H groups in total. The summed E-state index contributed by atoms with van der Waals surface area (Å²) in [5.74, 6) is -0.354. The van der Waals surface area contributed by atoms with Crippen molar-refractivity contribution in [3.05, 3.63) is 0 Å². The maximum Gasteiger partial charge on any atom is 0.240 e. The van der Waals surface area contributed by atoms with Crippen molar-refractivity contribution in [2.24, 2.45) is 5.41 Å². The molecule has 1 rings (SSSR count). The van der Waals surface area contributed by atoms with Crippen molar-refractivity contribution in [2.75, 3.05) is 19.3 Å². The summed E-state index contributed by atoms with van der Waals surface area (Å²) < 4.78 is 22.6. The highest BCUT2D eigenvalue weighted by Crippen LogP contribution is 2.30. The highest BCUT2D eigenvalue weighted by atomic mass is 32.2. The Hall–Kier alpha value is -1.09. The summed E-state index contributed by atoms with van der Waals surface area (Å²) in [6.07, 6.45) is 2.27. The Bertz CT molecular complexity index is 442. The number of nitrogens with zero attached hydrogens (tertiary/aromatic N) is 2. The molecule has 0 aromatic rings. The average Bonchev–Trinajstić information content (AvgIpc) is 2.27. The lowest BCUT2D eigenvalue weighted by Crippen LogP contribution is -2.47. The molecule has 1 heterocycles. The number of carbonyl (C=O) groups is 1. The largest absolute Gasteiger partial charge is 0.341 e. The number of rotatable bonds is 2. The van der Waals surface area contributed by atoms with E-state index in [9.17, 15) is 13.2 Å². The molecule has 0 aromatic heterocycles. The van der Waals surface area contributed by atoms with E-state index in [0.717, 1.165) is 6.26 Å². The van der Waals surface area contributed by atoms with Crippen molar-refractivity contribution in [1.82, 2.24) is 4.90 Å². The number of hydrogen-bond acceptors (Lipinski definition) is 4. The van der Waals surface area contributed by atoms with Gasteiger partial charge < -0.3 is 4.90 Å². The predicted molar refractivity (Wildman–Crippen MR) is 63.8 cm³/mol. The monoisotopic (exact) mass is 258 g/mol. The minimum atomic E-state index is -3.34. The predicted octanol–water partition coefficient (Wildman–Crippen LogP) is 0.572. The Morgan fingerprint density at radius 3 is 2.24 bits per heavy atom. The van der Waals surface area contributed by atoms with Crippen molar-refractivity contribution >= 4 is 15.7 Å². The maximum atomic E-state index is 11.9. The third-order valence-electron chi connectivity index (χ3n) is 3.44. The quantitative estimate of drug-likeness (QED) is 0.725. The molecule has 17 heavy (non-hydrogen) atoms. The van der Waals surface area contributed by atoms with Crippen LogP contribution in [0.15, 0.2) is 0 Å². The van der Waals surface area contributed by atoms with Crippen LogP contribution < -0.4 is 0 Å². The van der Waals surface area contributed by atoms with E-state index in [-0.39, 0.29) is 11.3 Å². The Kier molecular flexibility index (Phi) is 3.82. The Morgan fingerprint density at radius 2 is 1.88 bits per heavy atom. The van der Waals surface area contributed by atoms with Gasteiger partial charge in [-0.05, 0) is 26.7 Å². The summed E-state index contributed by atoms with van der Waals surface area (Å²) >= 11 is 0. The van der Waals surface area contributed by atoms with Crippen LogP contribution in [0.5, 0.6) is 0 Å². The fraction of sp³-hybridized carbons (Fsp3) is 0.818. The molecule has 1 saturated heterocycles. The summed E-state index contributed by atoms with van der Waals surface area (Å²) in [6.45, 7) is 4.20. The highest BCUT2D eigenvalue weighted by Gasteiger charge is 2.35.